The van der Waals surface area contributed by atoms with Crippen LogP contribution in [0.5, 0.6) is 0 Å². The Kier molecular flexibility index (Phi) is 3.85. The van der Waals surface area contributed by atoms with E-state index in [-0.39, 0.29) is 6.04 Å². The summed E-state index contributed by atoms with van der Waals surface area (Å²) >= 11 is 0. The van der Waals surface area contributed by atoms with Gasteiger partial charge >= 0.3 is 0 Å². The summed E-state index contributed by atoms with van der Waals surface area (Å²) in [6.45, 7) is 3.06. The van der Waals surface area contributed by atoms with Gasteiger partial charge in [-0.1, -0.05) is 24.3 Å². The van der Waals surface area contributed by atoms with Gasteiger partial charge in [0.15, 0.2) is 0 Å². The quantitative estimate of drug-likeness (QED) is 0.661. The van der Waals surface area contributed by atoms with Crippen LogP contribution in [0.15, 0.2) is 36.7 Å². The van der Waals surface area contributed by atoms with Crippen LogP contribution < -0.4 is 11.3 Å². The summed E-state index contributed by atoms with van der Waals surface area (Å²) in [6, 6.07) is 8.85. The van der Waals surface area contributed by atoms with Gasteiger partial charge in [0, 0.05) is 18.9 Å². The standard InChI is InChI=1S/C16H22N4/c1-2-20-10-9-18-16(20)15(19-17)14-8-7-12-5-3-4-6-13(12)11-14/h3-6,9-10,14-15,19H,2,7-8,11,17H2,1H3. The molecule has 0 radical (unpaired) electrons. The summed E-state index contributed by atoms with van der Waals surface area (Å²) < 4.78 is 2.17. The van der Waals surface area contributed by atoms with Crippen LogP contribution in [0, 0.1) is 5.92 Å². The van der Waals surface area contributed by atoms with E-state index < -0.39 is 0 Å². The van der Waals surface area contributed by atoms with Crippen LogP contribution in [0.4, 0.5) is 0 Å². The molecule has 2 unspecified atom stereocenters. The summed E-state index contributed by atoms with van der Waals surface area (Å²) in [7, 11) is 0. The van der Waals surface area contributed by atoms with Crippen LogP contribution in [0.2, 0.25) is 0 Å². The van der Waals surface area contributed by atoms with Gasteiger partial charge in [-0.25, -0.2) is 10.4 Å². The molecule has 0 aliphatic heterocycles. The van der Waals surface area contributed by atoms with Crippen LogP contribution in [0.1, 0.15) is 36.3 Å². The fourth-order valence-electron chi connectivity index (χ4n) is 3.30. The molecule has 1 aliphatic carbocycles. The Hall–Kier alpha value is -1.65. The zero-order valence-corrected chi connectivity index (χ0v) is 11.9. The number of hydrogen-bond acceptors (Lipinski definition) is 3. The zero-order chi connectivity index (χ0) is 13.9. The molecule has 0 amide bonds. The summed E-state index contributed by atoms with van der Waals surface area (Å²) in [5.74, 6) is 7.39. The van der Waals surface area contributed by atoms with Crippen molar-refractivity contribution in [1.29, 1.82) is 0 Å². The van der Waals surface area contributed by atoms with Gasteiger partial charge in [0.05, 0.1) is 6.04 Å². The molecular weight excluding hydrogens is 248 g/mol. The molecule has 3 N–H and O–H groups in total. The topological polar surface area (TPSA) is 55.9 Å². The van der Waals surface area contributed by atoms with Crippen molar-refractivity contribution in [3.8, 4) is 0 Å². The highest BCUT2D eigenvalue weighted by molar-refractivity contribution is 5.30. The molecule has 0 saturated heterocycles. The van der Waals surface area contributed by atoms with Crippen LogP contribution in [0.25, 0.3) is 0 Å². The average Bonchev–Trinajstić information content (AvgIpc) is 2.96. The van der Waals surface area contributed by atoms with Crippen LogP contribution in [0.3, 0.4) is 0 Å². The maximum Gasteiger partial charge on any atom is 0.127 e. The first-order chi connectivity index (χ1) is 9.83. The number of hydrazine groups is 1. The van der Waals surface area contributed by atoms with Crippen molar-refractivity contribution >= 4 is 0 Å². The number of benzene rings is 1. The first-order valence-electron chi connectivity index (χ1n) is 7.37. The molecule has 1 aromatic carbocycles. The third kappa shape index (κ3) is 2.37. The van der Waals surface area contributed by atoms with Crippen molar-refractivity contribution in [2.45, 2.75) is 38.8 Å². The van der Waals surface area contributed by atoms with E-state index in [9.17, 15) is 0 Å². The third-order valence-corrected chi connectivity index (χ3v) is 4.40. The summed E-state index contributed by atoms with van der Waals surface area (Å²) in [4.78, 5) is 4.51. The van der Waals surface area contributed by atoms with Gasteiger partial charge in [-0.15, -0.1) is 0 Å². The molecule has 106 valence electrons. The van der Waals surface area contributed by atoms with Crippen molar-refractivity contribution in [3.63, 3.8) is 0 Å². The predicted octanol–water partition coefficient (Wildman–Crippen LogP) is 2.21. The van der Waals surface area contributed by atoms with E-state index in [0.29, 0.717) is 5.92 Å². The molecule has 1 heterocycles. The van der Waals surface area contributed by atoms with E-state index in [2.05, 4.69) is 46.2 Å². The molecule has 2 atom stereocenters. The second kappa shape index (κ2) is 5.77. The number of nitrogens with zero attached hydrogens (tertiary/aromatic N) is 2. The Balaban J connectivity index is 1.85. The fourth-order valence-corrected chi connectivity index (χ4v) is 3.30. The van der Waals surface area contributed by atoms with Gasteiger partial charge in [-0.2, -0.15) is 0 Å². The van der Waals surface area contributed by atoms with E-state index in [4.69, 9.17) is 5.84 Å². The monoisotopic (exact) mass is 270 g/mol. The van der Waals surface area contributed by atoms with Crippen LogP contribution in [-0.4, -0.2) is 9.55 Å². The highest BCUT2D eigenvalue weighted by Crippen LogP contribution is 2.33. The summed E-state index contributed by atoms with van der Waals surface area (Å²) in [6.07, 6.45) is 7.24. The number of fused-ring (bicyclic) bond motifs is 1. The molecule has 0 fully saturated rings. The minimum absolute atomic E-state index is 0.123. The first kappa shape index (κ1) is 13.3. The summed E-state index contributed by atoms with van der Waals surface area (Å²) in [5.41, 5.74) is 5.94. The van der Waals surface area contributed by atoms with E-state index in [1.54, 1.807) is 0 Å². The second-order valence-electron chi connectivity index (χ2n) is 5.49. The largest absolute Gasteiger partial charge is 0.334 e. The lowest BCUT2D eigenvalue weighted by molar-refractivity contribution is 0.310. The number of rotatable bonds is 4. The van der Waals surface area contributed by atoms with Crippen molar-refractivity contribution in [2.75, 3.05) is 0 Å². The number of aromatic nitrogens is 2. The minimum Gasteiger partial charge on any atom is -0.334 e. The molecule has 4 nitrogen and oxygen atoms in total. The maximum atomic E-state index is 5.84. The van der Waals surface area contributed by atoms with E-state index >= 15 is 0 Å². The lowest BCUT2D eigenvalue weighted by Crippen LogP contribution is -2.37. The summed E-state index contributed by atoms with van der Waals surface area (Å²) in [5, 5.41) is 0. The zero-order valence-electron chi connectivity index (χ0n) is 11.9. The molecular formula is C16H22N4. The second-order valence-corrected chi connectivity index (χ2v) is 5.49. The Bertz CT molecular complexity index is 575. The molecule has 4 heteroatoms. The van der Waals surface area contributed by atoms with E-state index in [1.807, 2.05) is 12.4 Å². The normalized spacial score (nSPS) is 19.6. The fraction of sp³-hybridized carbons (Fsp3) is 0.438. The van der Waals surface area contributed by atoms with Gasteiger partial charge in [-0.05, 0) is 43.2 Å². The first-order valence-corrected chi connectivity index (χ1v) is 7.37. The van der Waals surface area contributed by atoms with E-state index in [0.717, 1.165) is 31.6 Å². The van der Waals surface area contributed by atoms with Crippen molar-refractivity contribution in [3.05, 3.63) is 53.6 Å². The number of hydrogen-bond donors (Lipinski definition) is 2. The third-order valence-electron chi connectivity index (χ3n) is 4.40. The van der Waals surface area contributed by atoms with Crippen molar-refractivity contribution in [1.82, 2.24) is 15.0 Å². The lowest BCUT2D eigenvalue weighted by Gasteiger charge is -2.31. The highest BCUT2D eigenvalue weighted by atomic mass is 15.3. The smallest absolute Gasteiger partial charge is 0.127 e. The van der Waals surface area contributed by atoms with Gasteiger partial charge in [-0.3, -0.25) is 5.84 Å². The molecule has 0 bridgehead atoms. The van der Waals surface area contributed by atoms with E-state index in [1.165, 1.54) is 11.1 Å². The lowest BCUT2D eigenvalue weighted by atomic mass is 9.80. The van der Waals surface area contributed by atoms with Crippen LogP contribution >= 0.6 is 0 Å². The van der Waals surface area contributed by atoms with Crippen molar-refractivity contribution in [2.24, 2.45) is 11.8 Å². The number of imidazole rings is 1. The van der Waals surface area contributed by atoms with Gasteiger partial charge in [0.25, 0.3) is 0 Å². The number of nitrogens with one attached hydrogen (secondary N) is 1. The highest BCUT2D eigenvalue weighted by Gasteiger charge is 2.29. The Labute approximate surface area is 120 Å². The predicted molar refractivity (Wildman–Crippen MR) is 79.9 cm³/mol. The SMILES string of the molecule is CCn1ccnc1C(NN)C1CCc2ccccc2C1. The van der Waals surface area contributed by atoms with Crippen LogP contribution in [-0.2, 0) is 19.4 Å². The molecule has 20 heavy (non-hydrogen) atoms. The maximum absolute atomic E-state index is 5.84. The molecule has 0 spiro atoms. The number of nitrogens with two attached hydrogens (primary N) is 1. The molecule has 1 aliphatic rings. The molecule has 0 saturated carbocycles. The minimum atomic E-state index is 0.123. The van der Waals surface area contributed by atoms with Gasteiger partial charge in [0.2, 0.25) is 0 Å². The van der Waals surface area contributed by atoms with Gasteiger partial charge < -0.3 is 4.57 Å². The Morgan fingerprint density at radius 1 is 1.40 bits per heavy atom. The van der Waals surface area contributed by atoms with Crippen molar-refractivity contribution < 1.29 is 0 Å². The average molecular weight is 270 g/mol. The number of aryl methyl sites for hydroxylation is 2. The van der Waals surface area contributed by atoms with Gasteiger partial charge in [0.1, 0.15) is 5.82 Å². The molecule has 1 aromatic heterocycles. The molecule has 2 aromatic rings. The Morgan fingerprint density at radius 3 is 2.95 bits per heavy atom. The molecule has 3 rings (SSSR count). The Morgan fingerprint density at radius 2 is 2.20 bits per heavy atom.